The summed E-state index contributed by atoms with van der Waals surface area (Å²) < 4.78 is 39.5. The summed E-state index contributed by atoms with van der Waals surface area (Å²) >= 11 is 0. The highest BCUT2D eigenvalue weighted by Gasteiger charge is 2.29. The first kappa shape index (κ1) is 19.0. The molecule has 1 aromatic heterocycles. The van der Waals surface area contributed by atoms with Crippen LogP contribution in [0.4, 0.5) is 8.78 Å². The van der Waals surface area contributed by atoms with Crippen LogP contribution in [-0.2, 0) is 11.3 Å². The second kappa shape index (κ2) is 8.30. The van der Waals surface area contributed by atoms with Crippen molar-refractivity contribution in [1.82, 2.24) is 15.0 Å². The molecule has 1 aliphatic rings. The van der Waals surface area contributed by atoms with Gasteiger partial charge in [0.2, 0.25) is 11.7 Å². The Balaban J connectivity index is 1.76. The van der Waals surface area contributed by atoms with Crippen molar-refractivity contribution in [3.63, 3.8) is 0 Å². The van der Waals surface area contributed by atoms with Crippen LogP contribution in [0.15, 0.2) is 22.7 Å². The highest BCUT2D eigenvalue weighted by Crippen LogP contribution is 2.32. The van der Waals surface area contributed by atoms with E-state index in [9.17, 15) is 18.7 Å². The zero-order valence-electron chi connectivity index (χ0n) is 14.6. The first-order chi connectivity index (χ1) is 13.0. The molecule has 0 aliphatic carbocycles. The third kappa shape index (κ3) is 4.51. The van der Waals surface area contributed by atoms with Gasteiger partial charge in [0.1, 0.15) is 6.04 Å². The summed E-state index contributed by atoms with van der Waals surface area (Å²) in [5.74, 6) is -0.326. The number of methoxy groups -OCH3 is 1. The number of piperidine rings is 1. The number of aliphatic carboxylic acids is 1. The molecule has 1 fully saturated rings. The average molecular weight is 383 g/mol. The number of benzene rings is 1. The zero-order chi connectivity index (χ0) is 19.4. The number of rotatable bonds is 7. The fraction of sp³-hybridized carbons (Fsp3) is 0.471. The number of aromatic nitrogens is 2. The number of ether oxygens (including phenoxy) is 2. The van der Waals surface area contributed by atoms with Gasteiger partial charge in [0.25, 0.3) is 0 Å². The lowest BCUT2D eigenvalue weighted by Gasteiger charge is -2.31. The lowest BCUT2D eigenvalue weighted by Crippen LogP contribution is -2.44. The quantitative estimate of drug-likeness (QED) is 0.779. The van der Waals surface area contributed by atoms with Crippen LogP contribution >= 0.6 is 0 Å². The van der Waals surface area contributed by atoms with E-state index in [-0.39, 0.29) is 29.8 Å². The Morgan fingerprint density at radius 2 is 2.22 bits per heavy atom. The summed E-state index contributed by atoms with van der Waals surface area (Å²) in [6.07, 6.45) is 2.36. The van der Waals surface area contributed by atoms with Crippen LogP contribution in [0.25, 0.3) is 11.4 Å². The fourth-order valence-corrected chi connectivity index (χ4v) is 3.07. The Labute approximate surface area is 153 Å². The van der Waals surface area contributed by atoms with E-state index in [1.165, 1.54) is 25.3 Å². The molecule has 1 unspecified atom stereocenters. The lowest BCUT2D eigenvalue weighted by atomic mass is 10.0. The normalized spacial score (nSPS) is 17.9. The van der Waals surface area contributed by atoms with Gasteiger partial charge in [-0.2, -0.15) is 13.8 Å². The molecule has 1 aliphatic heterocycles. The molecule has 2 aromatic rings. The topological polar surface area (TPSA) is 97.9 Å². The largest absolute Gasteiger partial charge is 0.493 e. The molecule has 0 spiro atoms. The molecule has 27 heavy (non-hydrogen) atoms. The first-order valence-corrected chi connectivity index (χ1v) is 8.40. The van der Waals surface area contributed by atoms with Gasteiger partial charge < -0.3 is 19.1 Å². The van der Waals surface area contributed by atoms with Crippen LogP contribution in [-0.4, -0.2) is 52.4 Å². The van der Waals surface area contributed by atoms with Crippen LogP contribution in [0.3, 0.4) is 0 Å². The maximum Gasteiger partial charge on any atom is 0.387 e. The Hall–Kier alpha value is -2.75. The van der Waals surface area contributed by atoms with Crippen LogP contribution in [0, 0.1) is 0 Å². The predicted molar refractivity (Wildman–Crippen MR) is 88.6 cm³/mol. The number of hydrogen-bond donors (Lipinski definition) is 1. The lowest BCUT2D eigenvalue weighted by molar-refractivity contribution is -0.145. The van der Waals surface area contributed by atoms with Crippen LogP contribution in [0.2, 0.25) is 0 Å². The van der Waals surface area contributed by atoms with E-state index >= 15 is 0 Å². The molecule has 146 valence electrons. The van der Waals surface area contributed by atoms with Gasteiger partial charge in [0, 0.05) is 5.56 Å². The molecule has 1 N–H and O–H groups in total. The van der Waals surface area contributed by atoms with Crippen molar-refractivity contribution in [2.45, 2.75) is 38.5 Å². The van der Waals surface area contributed by atoms with Crippen molar-refractivity contribution in [1.29, 1.82) is 0 Å². The Bertz CT molecular complexity index is 799. The standard InChI is InChI=1S/C17H19F2N3O5/c1-25-13-8-10(5-6-12(13)26-17(18)19)15-20-14(27-21-15)9-22-7-3-2-4-11(22)16(23)24/h5-6,8,11,17H,2-4,7,9H2,1H3,(H,23,24). The van der Waals surface area contributed by atoms with E-state index in [0.717, 1.165) is 12.8 Å². The third-order valence-corrected chi connectivity index (χ3v) is 4.34. The fourth-order valence-electron chi connectivity index (χ4n) is 3.07. The highest BCUT2D eigenvalue weighted by molar-refractivity contribution is 5.73. The van der Waals surface area contributed by atoms with Gasteiger partial charge in [-0.3, -0.25) is 9.69 Å². The number of nitrogens with zero attached hydrogens (tertiary/aromatic N) is 3. The smallest absolute Gasteiger partial charge is 0.387 e. The molecule has 1 atom stereocenters. The summed E-state index contributed by atoms with van der Waals surface area (Å²) in [6, 6.07) is 3.74. The Morgan fingerprint density at radius 1 is 1.41 bits per heavy atom. The van der Waals surface area contributed by atoms with E-state index in [4.69, 9.17) is 9.26 Å². The summed E-state index contributed by atoms with van der Waals surface area (Å²) in [4.78, 5) is 17.4. The van der Waals surface area contributed by atoms with Gasteiger partial charge in [-0.25, -0.2) is 0 Å². The minimum atomic E-state index is -2.96. The Morgan fingerprint density at radius 3 is 2.93 bits per heavy atom. The van der Waals surface area contributed by atoms with Crippen LogP contribution in [0.5, 0.6) is 11.5 Å². The van der Waals surface area contributed by atoms with Gasteiger partial charge >= 0.3 is 12.6 Å². The number of halogens is 2. The molecule has 3 rings (SSSR count). The monoisotopic (exact) mass is 383 g/mol. The number of alkyl halides is 2. The first-order valence-electron chi connectivity index (χ1n) is 8.40. The Kier molecular flexibility index (Phi) is 5.84. The zero-order valence-corrected chi connectivity index (χ0v) is 14.6. The van der Waals surface area contributed by atoms with E-state index < -0.39 is 18.6 Å². The molecule has 1 aromatic carbocycles. The molecular formula is C17H19F2N3O5. The number of carboxylic acids is 1. The summed E-state index contributed by atoms with van der Waals surface area (Å²) in [7, 11) is 1.33. The molecule has 0 amide bonds. The number of carbonyl (C=O) groups is 1. The second-order valence-corrected chi connectivity index (χ2v) is 6.08. The van der Waals surface area contributed by atoms with Crippen molar-refractivity contribution in [2.75, 3.05) is 13.7 Å². The van der Waals surface area contributed by atoms with Gasteiger partial charge in [-0.05, 0) is 37.6 Å². The number of hydrogen-bond acceptors (Lipinski definition) is 7. The number of carboxylic acid groups (broad SMARTS) is 1. The van der Waals surface area contributed by atoms with Crippen molar-refractivity contribution in [3.05, 3.63) is 24.1 Å². The molecule has 1 saturated heterocycles. The van der Waals surface area contributed by atoms with Crippen molar-refractivity contribution in [3.8, 4) is 22.9 Å². The molecule has 10 heteroatoms. The van der Waals surface area contributed by atoms with E-state index in [0.29, 0.717) is 18.5 Å². The molecule has 0 saturated carbocycles. The molecular weight excluding hydrogens is 364 g/mol. The van der Waals surface area contributed by atoms with Gasteiger partial charge in [-0.15, -0.1) is 0 Å². The third-order valence-electron chi connectivity index (χ3n) is 4.34. The van der Waals surface area contributed by atoms with Crippen molar-refractivity contribution >= 4 is 5.97 Å². The summed E-state index contributed by atoms with van der Waals surface area (Å²) in [6.45, 7) is -2.09. The molecule has 8 nitrogen and oxygen atoms in total. The van der Waals surface area contributed by atoms with E-state index in [2.05, 4.69) is 14.9 Å². The summed E-state index contributed by atoms with van der Waals surface area (Å²) in [5.41, 5.74) is 0.497. The minimum absolute atomic E-state index is 0.0995. The van der Waals surface area contributed by atoms with Crippen LogP contribution in [0.1, 0.15) is 25.2 Å². The predicted octanol–water partition coefficient (Wildman–Crippen LogP) is 2.79. The van der Waals surface area contributed by atoms with E-state index in [1.54, 1.807) is 4.90 Å². The SMILES string of the molecule is COc1cc(-c2noc(CN3CCCCC3C(=O)O)n2)ccc1OC(F)F. The molecule has 0 bridgehead atoms. The van der Waals surface area contributed by atoms with Crippen molar-refractivity contribution < 1.29 is 32.7 Å². The molecule has 2 heterocycles. The molecule has 0 radical (unpaired) electrons. The minimum Gasteiger partial charge on any atom is -0.493 e. The van der Waals surface area contributed by atoms with Crippen molar-refractivity contribution in [2.24, 2.45) is 0 Å². The van der Waals surface area contributed by atoms with Gasteiger partial charge in [-0.1, -0.05) is 11.6 Å². The van der Waals surface area contributed by atoms with Crippen LogP contribution < -0.4 is 9.47 Å². The average Bonchev–Trinajstić information content (AvgIpc) is 3.10. The van der Waals surface area contributed by atoms with Gasteiger partial charge in [0.15, 0.2) is 11.5 Å². The highest BCUT2D eigenvalue weighted by atomic mass is 19.3. The van der Waals surface area contributed by atoms with E-state index in [1.807, 2.05) is 0 Å². The number of likely N-dealkylation sites (tertiary alicyclic amines) is 1. The maximum absolute atomic E-state index is 12.4. The second-order valence-electron chi connectivity index (χ2n) is 6.08. The maximum atomic E-state index is 12.4. The summed E-state index contributed by atoms with van der Waals surface area (Å²) in [5, 5.41) is 13.2. The van der Waals surface area contributed by atoms with Gasteiger partial charge in [0.05, 0.1) is 13.7 Å².